The van der Waals surface area contributed by atoms with Crippen molar-refractivity contribution in [2.75, 3.05) is 33.4 Å². The van der Waals surface area contributed by atoms with Gasteiger partial charge in [-0.1, -0.05) is 6.92 Å². The smallest absolute Gasteiger partial charge is 0.216 e. The Kier molecular flexibility index (Phi) is 4.84. The summed E-state index contributed by atoms with van der Waals surface area (Å²) in [5, 5.41) is 4.44. The third-order valence-electron chi connectivity index (χ3n) is 3.43. The number of methoxy groups -OCH3 is 1. The van der Waals surface area contributed by atoms with Crippen molar-refractivity contribution in [2.45, 2.75) is 19.9 Å². The standard InChI is InChI=1S/C13H23N5O2/c1-4-11-10(12(19-3)17(2)16-11)9-15-13(14)18-5-7-20-8-6-18/h4-9H2,1-3H3,(H2,14,15). The van der Waals surface area contributed by atoms with Crippen LogP contribution in [0.1, 0.15) is 18.2 Å². The molecule has 1 aliphatic heterocycles. The average Bonchev–Trinajstić information content (AvgIpc) is 2.80. The lowest BCUT2D eigenvalue weighted by Crippen LogP contribution is -2.44. The van der Waals surface area contributed by atoms with Gasteiger partial charge in [0.15, 0.2) is 5.96 Å². The van der Waals surface area contributed by atoms with E-state index >= 15 is 0 Å². The first-order valence-corrected chi connectivity index (χ1v) is 6.88. The number of rotatable bonds is 4. The minimum Gasteiger partial charge on any atom is -0.481 e. The Morgan fingerprint density at radius 1 is 1.45 bits per heavy atom. The molecular weight excluding hydrogens is 258 g/mol. The topological polar surface area (TPSA) is 77.9 Å². The van der Waals surface area contributed by atoms with E-state index in [1.54, 1.807) is 11.8 Å². The molecule has 0 unspecified atom stereocenters. The lowest BCUT2D eigenvalue weighted by Gasteiger charge is -2.27. The summed E-state index contributed by atoms with van der Waals surface area (Å²) in [6, 6.07) is 0. The predicted octanol–water partition coefficient (Wildman–Crippen LogP) is 0.138. The molecule has 20 heavy (non-hydrogen) atoms. The van der Waals surface area contributed by atoms with Gasteiger partial charge >= 0.3 is 0 Å². The number of hydrogen-bond donors (Lipinski definition) is 1. The zero-order chi connectivity index (χ0) is 14.5. The second kappa shape index (κ2) is 6.60. The summed E-state index contributed by atoms with van der Waals surface area (Å²) in [6.45, 7) is 5.54. The Bertz CT molecular complexity index is 477. The van der Waals surface area contributed by atoms with Crippen LogP contribution in [0.3, 0.4) is 0 Å². The van der Waals surface area contributed by atoms with E-state index in [1.807, 2.05) is 11.9 Å². The summed E-state index contributed by atoms with van der Waals surface area (Å²) in [4.78, 5) is 6.52. The van der Waals surface area contributed by atoms with E-state index in [0.717, 1.165) is 36.6 Å². The van der Waals surface area contributed by atoms with E-state index in [1.165, 1.54) is 0 Å². The van der Waals surface area contributed by atoms with E-state index in [-0.39, 0.29) is 0 Å². The normalized spacial score (nSPS) is 16.6. The van der Waals surface area contributed by atoms with Crippen LogP contribution in [0, 0.1) is 0 Å². The van der Waals surface area contributed by atoms with Crippen molar-refractivity contribution >= 4 is 5.96 Å². The summed E-state index contributed by atoms with van der Waals surface area (Å²) in [6.07, 6.45) is 0.847. The molecule has 0 spiro atoms. The lowest BCUT2D eigenvalue weighted by atomic mass is 10.2. The monoisotopic (exact) mass is 281 g/mol. The van der Waals surface area contributed by atoms with E-state index < -0.39 is 0 Å². The molecule has 2 N–H and O–H groups in total. The van der Waals surface area contributed by atoms with Crippen LogP contribution < -0.4 is 10.5 Å². The molecule has 1 aromatic rings. The number of morpholine rings is 1. The molecule has 7 heteroatoms. The van der Waals surface area contributed by atoms with Crippen LogP contribution in [0.5, 0.6) is 5.88 Å². The van der Waals surface area contributed by atoms with Gasteiger partial charge in [-0.3, -0.25) is 0 Å². The van der Waals surface area contributed by atoms with E-state index in [0.29, 0.717) is 25.7 Å². The van der Waals surface area contributed by atoms with E-state index in [9.17, 15) is 0 Å². The number of nitrogens with zero attached hydrogens (tertiary/aromatic N) is 4. The molecule has 1 saturated heterocycles. The van der Waals surface area contributed by atoms with Crippen LogP contribution in [0.4, 0.5) is 0 Å². The maximum absolute atomic E-state index is 6.04. The second-order valence-electron chi connectivity index (χ2n) is 4.69. The molecule has 7 nitrogen and oxygen atoms in total. The molecule has 1 fully saturated rings. The van der Waals surface area contributed by atoms with Crippen LogP contribution >= 0.6 is 0 Å². The molecule has 0 atom stereocenters. The Hall–Kier alpha value is -1.76. The summed E-state index contributed by atoms with van der Waals surface area (Å²) in [7, 11) is 3.52. The number of aromatic nitrogens is 2. The zero-order valence-electron chi connectivity index (χ0n) is 12.4. The van der Waals surface area contributed by atoms with Gasteiger partial charge in [-0.05, 0) is 6.42 Å². The average molecular weight is 281 g/mol. The van der Waals surface area contributed by atoms with Crippen LogP contribution in [0.25, 0.3) is 0 Å². The van der Waals surface area contributed by atoms with E-state index in [2.05, 4.69) is 17.0 Å². The number of aryl methyl sites for hydroxylation is 2. The fourth-order valence-electron chi connectivity index (χ4n) is 2.36. The van der Waals surface area contributed by atoms with Crippen molar-refractivity contribution in [1.82, 2.24) is 14.7 Å². The minimum atomic E-state index is 0.489. The number of hydrogen-bond acceptors (Lipinski definition) is 4. The molecule has 0 aromatic carbocycles. The SMILES string of the molecule is CCc1nn(C)c(OC)c1CN=C(N)N1CCOCC1. The molecule has 0 aliphatic carbocycles. The highest BCUT2D eigenvalue weighted by Gasteiger charge is 2.16. The van der Waals surface area contributed by atoms with Gasteiger partial charge in [0.1, 0.15) is 0 Å². The van der Waals surface area contributed by atoms with Crippen molar-refractivity contribution in [2.24, 2.45) is 17.8 Å². The highest BCUT2D eigenvalue weighted by molar-refractivity contribution is 5.78. The van der Waals surface area contributed by atoms with Crippen LogP contribution in [-0.4, -0.2) is 54.1 Å². The van der Waals surface area contributed by atoms with Gasteiger partial charge in [0.05, 0.1) is 38.1 Å². The van der Waals surface area contributed by atoms with Crippen molar-refractivity contribution in [3.8, 4) is 5.88 Å². The van der Waals surface area contributed by atoms with E-state index in [4.69, 9.17) is 15.2 Å². The molecule has 0 radical (unpaired) electrons. The molecule has 1 aromatic heterocycles. The molecule has 0 bridgehead atoms. The van der Waals surface area contributed by atoms with Gasteiger partial charge < -0.3 is 20.1 Å². The molecule has 112 valence electrons. The molecule has 0 amide bonds. The van der Waals surface area contributed by atoms with Crippen LogP contribution in [-0.2, 0) is 24.8 Å². The number of aliphatic imine (C=N–C) groups is 1. The van der Waals surface area contributed by atoms with Gasteiger partial charge in [0.25, 0.3) is 0 Å². The van der Waals surface area contributed by atoms with Crippen molar-refractivity contribution in [3.63, 3.8) is 0 Å². The third kappa shape index (κ3) is 3.04. The predicted molar refractivity (Wildman–Crippen MR) is 76.9 cm³/mol. The molecule has 2 rings (SSSR count). The molecular formula is C13H23N5O2. The second-order valence-corrected chi connectivity index (χ2v) is 4.69. The Labute approximate surface area is 119 Å². The van der Waals surface area contributed by atoms with Crippen LogP contribution in [0.15, 0.2) is 4.99 Å². The summed E-state index contributed by atoms with van der Waals surface area (Å²) >= 11 is 0. The number of ether oxygens (including phenoxy) is 2. The Morgan fingerprint density at radius 2 is 2.15 bits per heavy atom. The van der Waals surface area contributed by atoms with Crippen molar-refractivity contribution < 1.29 is 9.47 Å². The van der Waals surface area contributed by atoms with Crippen LogP contribution in [0.2, 0.25) is 0 Å². The molecule has 1 aliphatic rings. The lowest BCUT2D eigenvalue weighted by molar-refractivity contribution is 0.0674. The number of guanidine groups is 1. The highest BCUT2D eigenvalue weighted by Crippen LogP contribution is 2.22. The first-order valence-electron chi connectivity index (χ1n) is 6.88. The van der Waals surface area contributed by atoms with Gasteiger partial charge in [0, 0.05) is 20.1 Å². The first kappa shape index (κ1) is 14.6. The molecule has 0 saturated carbocycles. The first-order chi connectivity index (χ1) is 9.67. The molecule has 2 heterocycles. The van der Waals surface area contributed by atoms with Crippen molar-refractivity contribution in [1.29, 1.82) is 0 Å². The van der Waals surface area contributed by atoms with Crippen molar-refractivity contribution in [3.05, 3.63) is 11.3 Å². The fourth-order valence-corrected chi connectivity index (χ4v) is 2.36. The fraction of sp³-hybridized carbons (Fsp3) is 0.692. The summed E-state index contributed by atoms with van der Waals surface area (Å²) < 4.78 is 12.4. The van der Waals surface area contributed by atoms with Gasteiger partial charge in [-0.25, -0.2) is 9.67 Å². The highest BCUT2D eigenvalue weighted by atomic mass is 16.5. The third-order valence-corrected chi connectivity index (χ3v) is 3.43. The zero-order valence-corrected chi connectivity index (χ0v) is 12.4. The van der Waals surface area contributed by atoms with Gasteiger partial charge in [-0.2, -0.15) is 5.10 Å². The minimum absolute atomic E-state index is 0.489. The Balaban J connectivity index is 2.12. The maximum Gasteiger partial charge on any atom is 0.216 e. The van der Waals surface area contributed by atoms with Gasteiger partial charge in [0.2, 0.25) is 5.88 Å². The van der Waals surface area contributed by atoms with Gasteiger partial charge in [-0.15, -0.1) is 0 Å². The quantitative estimate of drug-likeness (QED) is 0.627. The Morgan fingerprint density at radius 3 is 2.75 bits per heavy atom. The largest absolute Gasteiger partial charge is 0.481 e. The number of nitrogens with two attached hydrogens (primary N) is 1. The maximum atomic E-state index is 6.04. The summed E-state index contributed by atoms with van der Waals surface area (Å²) in [5.41, 5.74) is 8.05. The summed E-state index contributed by atoms with van der Waals surface area (Å²) in [5.74, 6) is 1.31.